The Labute approximate surface area is 139 Å². The van der Waals surface area contributed by atoms with Crippen molar-refractivity contribution in [3.8, 4) is 11.5 Å². The van der Waals surface area contributed by atoms with Crippen LogP contribution in [0.2, 0.25) is 0 Å². The van der Waals surface area contributed by atoms with E-state index in [4.69, 9.17) is 9.47 Å². The van der Waals surface area contributed by atoms with E-state index in [9.17, 15) is 5.11 Å². The van der Waals surface area contributed by atoms with E-state index in [0.717, 1.165) is 11.5 Å². The van der Waals surface area contributed by atoms with Gasteiger partial charge in [-0.05, 0) is 53.7 Å². The molecule has 126 valence electrons. The van der Waals surface area contributed by atoms with Crippen LogP contribution in [0.15, 0.2) is 24.3 Å². The summed E-state index contributed by atoms with van der Waals surface area (Å²) in [5.41, 5.74) is 1.71. The van der Waals surface area contributed by atoms with Gasteiger partial charge in [0.2, 0.25) is 0 Å². The van der Waals surface area contributed by atoms with Crippen molar-refractivity contribution in [1.82, 2.24) is 0 Å². The molecular weight excluding hydrogens is 288 g/mol. The first-order valence-corrected chi connectivity index (χ1v) is 8.53. The van der Waals surface area contributed by atoms with Crippen LogP contribution in [-0.4, -0.2) is 24.9 Å². The monoisotopic (exact) mass is 316 g/mol. The van der Waals surface area contributed by atoms with Crippen molar-refractivity contribution < 1.29 is 14.6 Å². The number of methoxy groups -OCH3 is 1. The van der Waals surface area contributed by atoms with Gasteiger partial charge in [-0.25, -0.2) is 0 Å². The SMILES string of the molecule is COc1cc(/C=C/CO[C@@H]2C[C@@H]3CC[C@@]2(C)C3(C)C)ccc1O. The highest BCUT2D eigenvalue weighted by Crippen LogP contribution is 2.66. The third-order valence-electron chi connectivity index (χ3n) is 6.62. The average Bonchev–Trinajstić information content (AvgIpc) is 2.86. The lowest BCUT2D eigenvalue weighted by atomic mass is 9.70. The van der Waals surface area contributed by atoms with Crippen LogP contribution in [0.25, 0.3) is 6.08 Å². The molecule has 2 aliphatic carbocycles. The Kier molecular flexibility index (Phi) is 4.18. The molecule has 23 heavy (non-hydrogen) atoms. The molecule has 0 aliphatic heterocycles. The number of fused-ring (bicyclic) bond motifs is 2. The zero-order valence-electron chi connectivity index (χ0n) is 14.6. The van der Waals surface area contributed by atoms with Crippen molar-refractivity contribution in [2.75, 3.05) is 13.7 Å². The number of hydrogen-bond donors (Lipinski definition) is 1. The van der Waals surface area contributed by atoms with Gasteiger partial charge >= 0.3 is 0 Å². The first-order valence-electron chi connectivity index (χ1n) is 8.53. The molecule has 0 unspecified atom stereocenters. The highest BCUT2D eigenvalue weighted by Gasteiger charge is 2.61. The molecule has 2 saturated carbocycles. The van der Waals surface area contributed by atoms with Gasteiger partial charge in [0.25, 0.3) is 0 Å². The molecule has 0 radical (unpaired) electrons. The molecule has 2 fully saturated rings. The highest BCUT2D eigenvalue weighted by atomic mass is 16.5. The lowest BCUT2D eigenvalue weighted by Crippen LogP contribution is -2.37. The molecule has 2 bridgehead atoms. The van der Waals surface area contributed by atoms with Gasteiger partial charge in [-0.3, -0.25) is 0 Å². The number of ether oxygens (including phenoxy) is 2. The molecule has 3 heteroatoms. The molecule has 0 aromatic heterocycles. The molecule has 3 atom stereocenters. The van der Waals surface area contributed by atoms with Gasteiger partial charge in [0, 0.05) is 0 Å². The summed E-state index contributed by atoms with van der Waals surface area (Å²) in [6.45, 7) is 7.85. The van der Waals surface area contributed by atoms with Gasteiger partial charge in [0.1, 0.15) is 0 Å². The molecule has 2 aliphatic rings. The first-order chi connectivity index (χ1) is 10.9. The fraction of sp³-hybridized carbons (Fsp3) is 0.600. The van der Waals surface area contributed by atoms with E-state index in [1.165, 1.54) is 19.3 Å². The van der Waals surface area contributed by atoms with Crippen molar-refractivity contribution in [2.24, 2.45) is 16.7 Å². The van der Waals surface area contributed by atoms with E-state index >= 15 is 0 Å². The van der Waals surface area contributed by atoms with Crippen LogP contribution >= 0.6 is 0 Å². The number of aromatic hydroxyl groups is 1. The topological polar surface area (TPSA) is 38.7 Å². The fourth-order valence-corrected chi connectivity index (χ4v) is 4.54. The molecule has 3 nitrogen and oxygen atoms in total. The third-order valence-corrected chi connectivity index (χ3v) is 6.62. The Morgan fingerprint density at radius 1 is 1.30 bits per heavy atom. The van der Waals surface area contributed by atoms with Gasteiger partial charge < -0.3 is 14.6 Å². The first kappa shape index (κ1) is 16.4. The minimum Gasteiger partial charge on any atom is -0.504 e. The number of phenols is 1. The molecule has 3 rings (SSSR count). The van der Waals surface area contributed by atoms with E-state index < -0.39 is 0 Å². The van der Waals surface area contributed by atoms with Gasteiger partial charge in [0.05, 0.1) is 19.8 Å². The third kappa shape index (κ3) is 2.65. The van der Waals surface area contributed by atoms with Crippen LogP contribution in [0, 0.1) is 16.7 Å². The second kappa shape index (κ2) is 5.86. The number of benzene rings is 1. The summed E-state index contributed by atoms with van der Waals surface area (Å²) in [4.78, 5) is 0. The van der Waals surface area contributed by atoms with Crippen molar-refractivity contribution in [1.29, 1.82) is 0 Å². The van der Waals surface area contributed by atoms with E-state index in [0.29, 0.717) is 29.3 Å². The summed E-state index contributed by atoms with van der Waals surface area (Å²) >= 11 is 0. The normalized spacial score (nSPS) is 31.8. The summed E-state index contributed by atoms with van der Waals surface area (Å²) in [7, 11) is 1.56. The second-order valence-electron chi connectivity index (χ2n) is 7.77. The van der Waals surface area contributed by atoms with Crippen molar-refractivity contribution in [3.63, 3.8) is 0 Å². The molecule has 0 spiro atoms. The molecule has 1 aromatic carbocycles. The second-order valence-corrected chi connectivity index (χ2v) is 7.77. The largest absolute Gasteiger partial charge is 0.504 e. The molecule has 0 heterocycles. The predicted molar refractivity (Wildman–Crippen MR) is 92.7 cm³/mol. The van der Waals surface area contributed by atoms with Crippen LogP contribution in [0.4, 0.5) is 0 Å². The van der Waals surface area contributed by atoms with Crippen LogP contribution in [0.3, 0.4) is 0 Å². The van der Waals surface area contributed by atoms with Crippen LogP contribution in [0.1, 0.15) is 45.6 Å². The van der Waals surface area contributed by atoms with Gasteiger partial charge in [0.15, 0.2) is 11.5 Å². The van der Waals surface area contributed by atoms with Gasteiger partial charge in [-0.15, -0.1) is 0 Å². The van der Waals surface area contributed by atoms with E-state index in [2.05, 4.69) is 20.8 Å². The fourth-order valence-electron chi connectivity index (χ4n) is 4.54. The van der Waals surface area contributed by atoms with Crippen LogP contribution < -0.4 is 4.74 Å². The number of hydrogen-bond acceptors (Lipinski definition) is 3. The van der Waals surface area contributed by atoms with Crippen LogP contribution in [-0.2, 0) is 4.74 Å². The van der Waals surface area contributed by atoms with Crippen LogP contribution in [0.5, 0.6) is 11.5 Å². The predicted octanol–water partition coefficient (Wildman–Crippen LogP) is 4.65. The average molecular weight is 316 g/mol. The van der Waals surface area contributed by atoms with Gasteiger partial charge in [-0.2, -0.15) is 0 Å². The lowest BCUT2D eigenvalue weighted by molar-refractivity contribution is -0.0350. The lowest BCUT2D eigenvalue weighted by Gasteiger charge is -2.38. The Morgan fingerprint density at radius 2 is 2.09 bits per heavy atom. The Balaban J connectivity index is 1.58. The Hall–Kier alpha value is -1.48. The summed E-state index contributed by atoms with van der Waals surface area (Å²) < 4.78 is 11.3. The van der Waals surface area contributed by atoms with E-state index in [-0.39, 0.29) is 5.75 Å². The quantitative estimate of drug-likeness (QED) is 0.859. The number of phenolic OH excluding ortho intramolecular Hbond substituents is 1. The summed E-state index contributed by atoms with van der Waals surface area (Å²) in [6.07, 6.45) is 8.28. The maximum atomic E-state index is 9.61. The summed E-state index contributed by atoms with van der Waals surface area (Å²) in [5, 5.41) is 9.61. The molecule has 0 saturated heterocycles. The number of rotatable bonds is 5. The minimum atomic E-state index is 0.165. The minimum absolute atomic E-state index is 0.165. The Morgan fingerprint density at radius 3 is 2.70 bits per heavy atom. The zero-order valence-corrected chi connectivity index (χ0v) is 14.6. The molecular formula is C20H28O3. The van der Waals surface area contributed by atoms with Crippen molar-refractivity contribution in [3.05, 3.63) is 29.8 Å². The molecule has 1 aromatic rings. The molecule has 0 amide bonds. The van der Waals surface area contributed by atoms with Gasteiger partial charge in [-0.1, -0.05) is 39.0 Å². The molecule has 1 N–H and O–H groups in total. The highest BCUT2D eigenvalue weighted by molar-refractivity contribution is 5.55. The standard InChI is InChI=1S/C20H28O3/c1-19(2)15-9-10-20(19,3)18(13-15)23-11-5-6-14-7-8-16(21)17(12-14)22-4/h5-8,12,15,18,21H,9-11,13H2,1-4H3/b6-5+/t15-,18+,20+/m0/s1. The maximum Gasteiger partial charge on any atom is 0.161 e. The van der Waals surface area contributed by atoms with Crippen molar-refractivity contribution in [2.45, 2.75) is 46.1 Å². The maximum absolute atomic E-state index is 9.61. The van der Waals surface area contributed by atoms with E-state index in [1.807, 2.05) is 24.3 Å². The zero-order chi connectivity index (χ0) is 16.7. The van der Waals surface area contributed by atoms with Crippen molar-refractivity contribution >= 4 is 6.08 Å². The smallest absolute Gasteiger partial charge is 0.161 e. The van der Waals surface area contributed by atoms with E-state index in [1.54, 1.807) is 13.2 Å². The summed E-state index contributed by atoms with van der Waals surface area (Å²) in [6, 6.07) is 5.35. The summed E-state index contributed by atoms with van der Waals surface area (Å²) in [5.74, 6) is 1.47. The Bertz CT molecular complexity index is 605.